The minimum Gasteiger partial charge on any atom is -0.465 e. The Morgan fingerprint density at radius 2 is 2.14 bits per heavy atom. The molecule has 116 valence electrons. The van der Waals surface area contributed by atoms with Crippen LogP contribution in [-0.2, 0) is 0 Å². The Morgan fingerprint density at radius 1 is 1.41 bits per heavy atom. The summed E-state index contributed by atoms with van der Waals surface area (Å²) in [6, 6.07) is 5.94. The summed E-state index contributed by atoms with van der Waals surface area (Å²) in [6.07, 6.45) is 2.24. The van der Waals surface area contributed by atoms with Gasteiger partial charge in [0.15, 0.2) is 0 Å². The number of aromatic nitrogens is 1. The Kier molecular flexibility index (Phi) is 4.40. The van der Waals surface area contributed by atoms with Crippen LogP contribution in [0.4, 0.5) is 10.5 Å². The SMILES string of the molecule is O=C(O)NC1CCN(c2c(Cl)cnc3ccc(Br)cc23)CC1. The standard InChI is InChI=1S/C15H15BrClN3O2/c16-9-1-2-13-11(7-9)14(12(17)8-18-13)20-5-3-10(4-6-20)19-15(21)22/h1-2,7-8,10,19H,3-6H2,(H,21,22). The second-order valence-electron chi connectivity index (χ2n) is 5.33. The van der Waals surface area contributed by atoms with E-state index in [0.717, 1.165) is 47.0 Å². The van der Waals surface area contributed by atoms with Gasteiger partial charge >= 0.3 is 6.09 Å². The van der Waals surface area contributed by atoms with Crippen LogP contribution < -0.4 is 10.2 Å². The third-order valence-electron chi connectivity index (χ3n) is 3.90. The summed E-state index contributed by atoms with van der Waals surface area (Å²) in [4.78, 5) is 17.3. The highest BCUT2D eigenvalue weighted by Gasteiger charge is 2.23. The average molecular weight is 385 g/mol. The molecule has 0 aliphatic carbocycles. The van der Waals surface area contributed by atoms with Gasteiger partial charge in [0, 0.05) is 35.2 Å². The second kappa shape index (κ2) is 6.30. The number of rotatable bonds is 2. The number of piperidine rings is 1. The van der Waals surface area contributed by atoms with E-state index in [-0.39, 0.29) is 6.04 Å². The molecule has 1 aliphatic rings. The molecular formula is C15H15BrClN3O2. The normalized spacial score (nSPS) is 16.0. The van der Waals surface area contributed by atoms with Crippen molar-refractivity contribution in [1.29, 1.82) is 0 Å². The molecule has 1 aliphatic heterocycles. The van der Waals surface area contributed by atoms with E-state index in [1.807, 2.05) is 18.2 Å². The van der Waals surface area contributed by atoms with Crippen LogP contribution in [0.3, 0.4) is 0 Å². The first-order valence-electron chi connectivity index (χ1n) is 7.03. The number of carbonyl (C=O) groups is 1. The van der Waals surface area contributed by atoms with Gasteiger partial charge in [0.05, 0.1) is 16.2 Å². The molecule has 1 amide bonds. The molecule has 2 heterocycles. The summed E-state index contributed by atoms with van der Waals surface area (Å²) in [5.74, 6) is 0. The fraction of sp³-hybridized carbons (Fsp3) is 0.333. The number of nitrogens with one attached hydrogen (secondary N) is 1. The van der Waals surface area contributed by atoms with Gasteiger partial charge in [-0.3, -0.25) is 4.98 Å². The predicted octanol–water partition coefficient (Wildman–Crippen LogP) is 3.89. The molecule has 1 saturated heterocycles. The largest absolute Gasteiger partial charge is 0.465 e. The van der Waals surface area contributed by atoms with Crippen molar-refractivity contribution in [1.82, 2.24) is 10.3 Å². The van der Waals surface area contributed by atoms with E-state index in [4.69, 9.17) is 16.7 Å². The zero-order valence-corrected chi connectivity index (χ0v) is 14.1. The maximum atomic E-state index is 10.7. The molecule has 1 aromatic heterocycles. The molecule has 0 bridgehead atoms. The first-order chi connectivity index (χ1) is 10.5. The van der Waals surface area contributed by atoms with Crippen molar-refractivity contribution in [2.24, 2.45) is 0 Å². The number of pyridine rings is 1. The van der Waals surface area contributed by atoms with Crippen molar-refractivity contribution >= 4 is 50.2 Å². The van der Waals surface area contributed by atoms with Gasteiger partial charge < -0.3 is 15.3 Å². The van der Waals surface area contributed by atoms with Crippen molar-refractivity contribution in [3.05, 3.63) is 33.9 Å². The molecule has 5 nitrogen and oxygen atoms in total. The maximum Gasteiger partial charge on any atom is 0.404 e. The Hall–Kier alpha value is -1.53. The Labute approximate surface area is 141 Å². The van der Waals surface area contributed by atoms with E-state index in [1.165, 1.54) is 0 Å². The van der Waals surface area contributed by atoms with Gasteiger partial charge in [-0.1, -0.05) is 27.5 Å². The van der Waals surface area contributed by atoms with Crippen LogP contribution in [-0.4, -0.2) is 35.3 Å². The minimum absolute atomic E-state index is 0.00682. The van der Waals surface area contributed by atoms with Gasteiger partial charge in [0.2, 0.25) is 0 Å². The van der Waals surface area contributed by atoms with E-state index in [9.17, 15) is 4.79 Å². The van der Waals surface area contributed by atoms with Gasteiger partial charge in [-0.25, -0.2) is 4.79 Å². The van der Waals surface area contributed by atoms with Crippen molar-refractivity contribution in [3.63, 3.8) is 0 Å². The van der Waals surface area contributed by atoms with E-state index < -0.39 is 6.09 Å². The number of fused-ring (bicyclic) bond motifs is 1. The molecule has 7 heteroatoms. The van der Waals surface area contributed by atoms with E-state index in [0.29, 0.717) is 5.02 Å². The molecule has 22 heavy (non-hydrogen) atoms. The summed E-state index contributed by atoms with van der Waals surface area (Å²) in [6.45, 7) is 1.52. The first-order valence-corrected chi connectivity index (χ1v) is 8.20. The summed E-state index contributed by atoms with van der Waals surface area (Å²) in [5, 5.41) is 13.0. The maximum absolute atomic E-state index is 10.7. The topological polar surface area (TPSA) is 65.5 Å². The van der Waals surface area contributed by atoms with Crippen LogP contribution in [0.5, 0.6) is 0 Å². The predicted molar refractivity (Wildman–Crippen MR) is 90.8 cm³/mol. The number of nitrogens with zero attached hydrogens (tertiary/aromatic N) is 2. The molecule has 3 rings (SSSR count). The Balaban J connectivity index is 1.89. The first kappa shape index (κ1) is 15.4. The highest BCUT2D eigenvalue weighted by molar-refractivity contribution is 9.10. The van der Waals surface area contributed by atoms with Crippen LogP contribution in [0.1, 0.15) is 12.8 Å². The van der Waals surface area contributed by atoms with Crippen molar-refractivity contribution < 1.29 is 9.90 Å². The second-order valence-corrected chi connectivity index (χ2v) is 6.65. The molecule has 1 fully saturated rings. The van der Waals surface area contributed by atoms with E-state index in [1.54, 1.807) is 6.20 Å². The molecule has 2 N–H and O–H groups in total. The lowest BCUT2D eigenvalue weighted by Crippen LogP contribution is -2.44. The number of amides is 1. The van der Waals surface area contributed by atoms with Crippen LogP contribution in [0.25, 0.3) is 10.9 Å². The monoisotopic (exact) mass is 383 g/mol. The molecule has 0 atom stereocenters. The van der Waals surface area contributed by atoms with Gasteiger partial charge in [0.1, 0.15) is 0 Å². The Bertz CT molecular complexity index is 712. The molecule has 0 radical (unpaired) electrons. The van der Waals surface area contributed by atoms with E-state index >= 15 is 0 Å². The lowest BCUT2D eigenvalue weighted by Gasteiger charge is -2.34. The highest BCUT2D eigenvalue weighted by Crippen LogP contribution is 2.35. The number of carboxylic acid groups (broad SMARTS) is 1. The van der Waals surface area contributed by atoms with Crippen LogP contribution >= 0.6 is 27.5 Å². The van der Waals surface area contributed by atoms with Crippen molar-refractivity contribution in [2.45, 2.75) is 18.9 Å². The summed E-state index contributed by atoms with van der Waals surface area (Å²) in [5.41, 5.74) is 1.87. The van der Waals surface area contributed by atoms with Gasteiger partial charge in [-0.05, 0) is 31.0 Å². The van der Waals surface area contributed by atoms with Gasteiger partial charge in [-0.2, -0.15) is 0 Å². The fourth-order valence-electron chi connectivity index (χ4n) is 2.87. The number of anilines is 1. The van der Waals surface area contributed by atoms with Gasteiger partial charge in [-0.15, -0.1) is 0 Å². The zero-order valence-electron chi connectivity index (χ0n) is 11.7. The minimum atomic E-state index is -0.963. The number of halogens is 2. The summed E-state index contributed by atoms with van der Waals surface area (Å²) >= 11 is 9.87. The Morgan fingerprint density at radius 3 is 2.82 bits per heavy atom. The summed E-state index contributed by atoms with van der Waals surface area (Å²) < 4.78 is 0.979. The highest BCUT2D eigenvalue weighted by atomic mass is 79.9. The zero-order chi connectivity index (χ0) is 15.7. The number of benzene rings is 1. The third kappa shape index (κ3) is 3.13. The number of hydrogen-bond acceptors (Lipinski definition) is 3. The average Bonchev–Trinajstić information content (AvgIpc) is 2.48. The van der Waals surface area contributed by atoms with Crippen LogP contribution in [0.15, 0.2) is 28.9 Å². The van der Waals surface area contributed by atoms with E-state index in [2.05, 4.69) is 31.1 Å². The molecular weight excluding hydrogens is 370 g/mol. The van der Waals surface area contributed by atoms with Crippen LogP contribution in [0, 0.1) is 0 Å². The van der Waals surface area contributed by atoms with Crippen molar-refractivity contribution in [2.75, 3.05) is 18.0 Å². The quantitative estimate of drug-likeness (QED) is 0.824. The summed E-state index contributed by atoms with van der Waals surface area (Å²) in [7, 11) is 0. The molecule has 0 saturated carbocycles. The van der Waals surface area contributed by atoms with Gasteiger partial charge in [0.25, 0.3) is 0 Å². The molecule has 0 unspecified atom stereocenters. The third-order valence-corrected chi connectivity index (χ3v) is 4.67. The fourth-order valence-corrected chi connectivity index (χ4v) is 3.50. The van der Waals surface area contributed by atoms with Crippen molar-refractivity contribution in [3.8, 4) is 0 Å². The lowest BCUT2D eigenvalue weighted by atomic mass is 10.0. The molecule has 1 aromatic carbocycles. The molecule has 0 spiro atoms. The number of hydrogen-bond donors (Lipinski definition) is 2. The molecule has 2 aromatic rings. The van der Waals surface area contributed by atoms with Crippen LogP contribution in [0.2, 0.25) is 5.02 Å². The lowest BCUT2D eigenvalue weighted by molar-refractivity contribution is 0.187. The smallest absolute Gasteiger partial charge is 0.404 e.